The maximum Gasteiger partial charge on any atom is 0.221 e. The molecule has 0 aromatic rings. The number of ether oxygens (including phenoxy) is 2. The van der Waals surface area contributed by atoms with Crippen molar-refractivity contribution in [3.05, 3.63) is 0 Å². The van der Waals surface area contributed by atoms with Crippen LogP contribution in [0, 0.1) is 0 Å². The highest BCUT2D eigenvalue weighted by Gasteiger charge is 1.99. The van der Waals surface area contributed by atoms with E-state index < -0.39 is 0 Å². The lowest BCUT2D eigenvalue weighted by atomic mass is 10.4. The number of nitrogens with one attached hydrogen (secondary N) is 2. The third-order valence-electron chi connectivity index (χ3n) is 1.89. The number of carbonyl (C=O) groups excluding carboxylic acids is 1. The van der Waals surface area contributed by atoms with Gasteiger partial charge < -0.3 is 20.1 Å². The largest absolute Gasteiger partial charge is 0.383 e. The van der Waals surface area contributed by atoms with Gasteiger partial charge in [0.05, 0.1) is 19.3 Å². The summed E-state index contributed by atoms with van der Waals surface area (Å²) in [6, 6.07) is 0. The normalized spacial score (nSPS) is 10.8. The highest BCUT2D eigenvalue weighted by atomic mass is 16.5. The molecule has 0 aliphatic carbocycles. The zero-order valence-electron chi connectivity index (χ0n) is 10.5. The first kappa shape index (κ1) is 15.3. The van der Waals surface area contributed by atoms with Crippen LogP contribution in [0.3, 0.4) is 0 Å². The first-order valence-corrected chi connectivity index (χ1v) is 5.74. The lowest BCUT2D eigenvalue weighted by molar-refractivity contribution is -0.121. The Balaban J connectivity index is 3.15. The Hall–Kier alpha value is -0.650. The standard InChI is InChI=1S/C11H24N2O3/c1-10(2)16-9-6-12-5-4-11(14)13-7-8-15-3/h10,12H,4-9H2,1-3H3,(H,13,14). The van der Waals surface area contributed by atoms with Gasteiger partial charge in [0.25, 0.3) is 0 Å². The lowest BCUT2D eigenvalue weighted by Gasteiger charge is -2.08. The van der Waals surface area contributed by atoms with Crippen molar-refractivity contribution >= 4 is 5.91 Å². The summed E-state index contributed by atoms with van der Waals surface area (Å²) in [7, 11) is 1.61. The van der Waals surface area contributed by atoms with Crippen molar-refractivity contribution in [2.45, 2.75) is 26.4 Å². The van der Waals surface area contributed by atoms with E-state index in [2.05, 4.69) is 10.6 Å². The van der Waals surface area contributed by atoms with Crippen LogP contribution < -0.4 is 10.6 Å². The molecule has 0 aromatic heterocycles. The molecule has 0 fully saturated rings. The minimum absolute atomic E-state index is 0.0503. The third kappa shape index (κ3) is 11.4. The molecular formula is C11H24N2O3. The molecule has 0 saturated heterocycles. The van der Waals surface area contributed by atoms with Crippen LogP contribution in [0.2, 0.25) is 0 Å². The quantitative estimate of drug-likeness (QED) is 0.527. The number of amides is 1. The van der Waals surface area contributed by atoms with Gasteiger partial charge in [-0.1, -0.05) is 0 Å². The first-order chi connectivity index (χ1) is 7.66. The molecule has 0 radical (unpaired) electrons. The fraction of sp³-hybridized carbons (Fsp3) is 0.909. The monoisotopic (exact) mass is 232 g/mol. The van der Waals surface area contributed by atoms with E-state index in [-0.39, 0.29) is 12.0 Å². The van der Waals surface area contributed by atoms with E-state index in [9.17, 15) is 4.79 Å². The van der Waals surface area contributed by atoms with Crippen LogP contribution in [0.25, 0.3) is 0 Å². The minimum Gasteiger partial charge on any atom is -0.383 e. The predicted molar refractivity (Wildman–Crippen MR) is 63.5 cm³/mol. The van der Waals surface area contributed by atoms with Gasteiger partial charge in [-0.3, -0.25) is 4.79 Å². The molecule has 5 heteroatoms. The van der Waals surface area contributed by atoms with Crippen molar-refractivity contribution in [1.29, 1.82) is 0 Å². The van der Waals surface area contributed by atoms with Crippen molar-refractivity contribution in [2.75, 3.05) is 40.0 Å². The highest BCUT2D eigenvalue weighted by molar-refractivity contribution is 5.75. The van der Waals surface area contributed by atoms with Gasteiger partial charge in [0.1, 0.15) is 0 Å². The Morgan fingerprint density at radius 1 is 1.19 bits per heavy atom. The first-order valence-electron chi connectivity index (χ1n) is 5.74. The highest BCUT2D eigenvalue weighted by Crippen LogP contribution is 1.85. The molecule has 0 atom stereocenters. The van der Waals surface area contributed by atoms with Crippen molar-refractivity contribution < 1.29 is 14.3 Å². The van der Waals surface area contributed by atoms with E-state index in [1.165, 1.54) is 0 Å². The van der Waals surface area contributed by atoms with E-state index >= 15 is 0 Å². The molecule has 0 aromatic carbocycles. The van der Waals surface area contributed by atoms with Crippen LogP contribution in [0.1, 0.15) is 20.3 Å². The van der Waals surface area contributed by atoms with Crippen molar-refractivity contribution in [2.24, 2.45) is 0 Å². The molecule has 0 unspecified atom stereocenters. The van der Waals surface area contributed by atoms with Crippen LogP contribution in [-0.4, -0.2) is 52.0 Å². The second-order valence-corrected chi connectivity index (χ2v) is 3.76. The average molecular weight is 232 g/mol. The van der Waals surface area contributed by atoms with Gasteiger partial charge in [0.15, 0.2) is 0 Å². The molecule has 0 heterocycles. The third-order valence-corrected chi connectivity index (χ3v) is 1.89. The SMILES string of the molecule is COCCNC(=O)CCNCCOC(C)C. The van der Waals surface area contributed by atoms with Gasteiger partial charge in [0.2, 0.25) is 5.91 Å². The molecule has 0 aliphatic heterocycles. The average Bonchev–Trinajstić information content (AvgIpc) is 2.23. The van der Waals surface area contributed by atoms with Crippen LogP contribution in [0.5, 0.6) is 0 Å². The van der Waals surface area contributed by atoms with E-state index in [1.54, 1.807) is 7.11 Å². The summed E-state index contributed by atoms with van der Waals surface area (Å²) in [4.78, 5) is 11.2. The van der Waals surface area contributed by atoms with Gasteiger partial charge in [-0.05, 0) is 13.8 Å². The van der Waals surface area contributed by atoms with E-state index in [0.29, 0.717) is 32.7 Å². The van der Waals surface area contributed by atoms with Crippen LogP contribution in [-0.2, 0) is 14.3 Å². The summed E-state index contributed by atoms with van der Waals surface area (Å²) in [6.07, 6.45) is 0.755. The van der Waals surface area contributed by atoms with Gasteiger partial charge in [0, 0.05) is 33.2 Å². The fourth-order valence-electron chi connectivity index (χ4n) is 1.07. The van der Waals surface area contributed by atoms with Crippen LogP contribution >= 0.6 is 0 Å². The fourth-order valence-corrected chi connectivity index (χ4v) is 1.07. The lowest BCUT2D eigenvalue weighted by Crippen LogP contribution is -2.31. The van der Waals surface area contributed by atoms with E-state index in [1.807, 2.05) is 13.8 Å². The Bertz CT molecular complexity index is 175. The summed E-state index contributed by atoms with van der Waals surface area (Å²) in [6.45, 7) is 7.28. The molecule has 96 valence electrons. The molecule has 0 saturated carbocycles. The molecule has 16 heavy (non-hydrogen) atoms. The Kier molecular flexibility index (Phi) is 10.4. The molecule has 2 N–H and O–H groups in total. The van der Waals surface area contributed by atoms with Gasteiger partial charge in [-0.15, -0.1) is 0 Å². The molecule has 5 nitrogen and oxygen atoms in total. The molecule has 0 spiro atoms. The number of methoxy groups -OCH3 is 1. The Labute approximate surface area is 97.9 Å². The number of carbonyl (C=O) groups is 1. The molecule has 0 bridgehead atoms. The smallest absolute Gasteiger partial charge is 0.221 e. The summed E-state index contributed by atoms with van der Waals surface area (Å²) in [5.41, 5.74) is 0. The van der Waals surface area contributed by atoms with Crippen molar-refractivity contribution in [3.8, 4) is 0 Å². The van der Waals surface area contributed by atoms with Crippen LogP contribution in [0.15, 0.2) is 0 Å². The second kappa shape index (κ2) is 10.9. The maximum absolute atomic E-state index is 11.2. The van der Waals surface area contributed by atoms with Crippen molar-refractivity contribution in [3.63, 3.8) is 0 Å². The molecule has 1 amide bonds. The topological polar surface area (TPSA) is 59.6 Å². The Morgan fingerprint density at radius 3 is 2.56 bits per heavy atom. The minimum atomic E-state index is 0.0503. The zero-order chi connectivity index (χ0) is 12.2. The number of hydrogen-bond acceptors (Lipinski definition) is 4. The maximum atomic E-state index is 11.2. The van der Waals surface area contributed by atoms with Gasteiger partial charge in [-0.2, -0.15) is 0 Å². The molecule has 0 rings (SSSR count). The van der Waals surface area contributed by atoms with E-state index in [4.69, 9.17) is 9.47 Å². The van der Waals surface area contributed by atoms with Gasteiger partial charge in [-0.25, -0.2) is 0 Å². The van der Waals surface area contributed by atoms with E-state index in [0.717, 1.165) is 6.54 Å². The second-order valence-electron chi connectivity index (χ2n) is 3.76. The number of rotatable bonds is 10. The summed E-state index contributed by atoms with van der Waals surface area (Å²) >= 11 is 0. The molecule has 0 aliphatic rings. The summed E-state index contributed by atoms with van der Waals surface area (Å²) in [5.74, 6) is 0.0503. The Morgan fingerprint density at radius 2 is 1.94 bits per heavy atom. The molecular weight excluding hydrogens is 208 g/mol. The summed E-state index contributed by atoms with van der Waals surface area (Å²) < 4.78 is 10.2. The van der Waals surface area contributed by atoms with Gasteiger partial charge >= 0.3 is 0 Å². The van der Waals surface area contributed by atoms with Crippen LogP contribution in [0.4, 0.5) is 0 Å². The van der Waals surface area contributed by atoms with Crippen molar-refractivity contribution in [1.82, 2.24) is 10.6 Å². The number of hydrogen-bond donors (Lipinski definition) is 2. The summed E-state index contributed by atoms with van der Waals surface area (Å²) in [5, 5.41) is 5.90. The zero-order valence-corrected chi connectivity index (χ0v) is 10.5. The predicted octanol–water partition coefficient (Wildman–Crippen LogP) is 0.154.